The Morgan fingerprint density at radius 3 is 2.62 bits per heavy atom. The third kappa shape index (κ3) is 3.99. The molecule has 8 heteroatoms. The van der Waals surface area contributed by atoms with Gasteiger partial charge in [0.1, 0.15) is 10.7 Å². The van der Waals surface area contributed by atoms with E-state index >= 15 is 0 Å². The molecule has 21 heavy (non-hydrogen) atoms. The Morgan fingerprint density at radius 2 is 2.14 bits per heavy atom. The Labute approximate surface area is 123 Å². The highest BCUT2D eigenvalue weighted by atomic mass is 32.2. The summed E-state index contributed by atoms with van der Waals surface area (Å²) in [6.07, 6.45) is 1.85. The average molecular weight is 315 g/mol. The minimum atomic E-state index is -3.97. The van der Waals surface area contributed by atoms with Crippen molar-refractivity contribution in [2.24, 2.45) is 11.7 Å². The Kier molecular flexibility index (Phi) is 4.60. The summed E-state index contributed by atoms with van der Waals surface area (Å²) >= 11 is 0. The standard InChI is InChI=1S/C13H18FN3O3S/c1-8(18)16-10-4-5-13(11(14)6-10)21(19,20)17-12(7-15)9-2-3-9/h4-6,9,12,17H,2-3,7,15H2,1H3,(H,16,18). The molecule has 4 N–H and O–H groups in total. The van der Waals surface area contributed by atoms with Crippen LogP contribution in [0.3, 0.4) is 0 Å². The van der Waals surface area contributed by atoms with E-state index in [1.807, 2.05) is 0 Å². The third-order valence-electron chi connectivity index (χ3n) is 3.29. The maximum Gasteiger partial charge on any atom is 0.243 e. The molecule has 0 radical (unpaired) electrons. The van der Waals surface area contributed by atoms with Gasteiger partial charge in [0, 0.05) is 25.2 Å². The second-order valence-electron chi connectivity index (χ2n) is 5.13. The Morgan fingerprint density at radius 1 is 1.48 bits per heavy atom. The molecule has 0 bridgehead atoms. The van der Waals surface area contributed by atoms with Gasteiger partial charge in [-0.1, -0.05) is 0 Å². The molecule has 0 aliphatic heterocycles. The lowest BCUT2D eigenvalue weighted by Crippen LogP contribution is -2.41. The maximum atomic E-state index is 14.0. The van der Waals surface area contributed by atoms with Crippen LogP contribution in [0.4, 0.5) is 10.1 Å². The van der Waals surface area contributed by atoms with Gasteiger partial charge >= 0.3 is 0 Å². The Balaban J connectivity index is 2.21. The zero-order valence-corrected chi connectivity index (χ0v) is 12.4. The summed E-state index contributed by atoms with van der Waals surface area (Å²) in [7, 11) is -3.97. The number of rotatable bonds is 6. The topological polar surface area (TPSA) is 101 Å². The van der Waals surface area contributed by atoms with Gasteiger partial charge in [-0.2, -0.15) is 0 Å². The second kappa shape index (κ2) is 6.08. The summed E-state index contributed by atoms with van der Waals surface area (Å²) in [5.41, 5.74) is 5.75. The summed E-state index contributed by atoms with van der Waals surface area (Å²) < 4.78 is 40.8. The van der Waals surface area contributed by atoms with Crippen molar-refractivity contribution in [3.63, 3.8) is 0 Å². The first-order valence-corrected chi connectivity index (χ1v) is 8.11. The number of sulfonamides is 1. The highest BCUT2D eigenvalue weighted by Crippen LogP contribution is 2.33. The van der Waals surface area contributed by atoms with Crippen molar-refractivity contribution >= 4 is 21.6 Å². The molecule has 0 saturated heterocycles. The van der Waals surface area contributed by atoms with Gasteiger partial charge in [-0.3, -0.25) is 4.79 Å². The number of carbonyl (C=O) groups is 1. The van der Waals surface area contributed by atoms with Crippen LogP contribution in [-0.2, 0) is 14.8 Å². The van der Waals surface area contributed by atoms with Gasteiger partial charge in [0.15, 0.2) is 0 Å². The monoisotopic (exact) mass is 315 g/mol. The molecule has 0 spiro atoms. The van der Waals surface area contributed by atoms with Crippen LogP contribution in [0.2, 0.25) is 0 Å². The van der Waals surface area contributed by atoms with Crippen LogP contribution in [0.15, 0.2) is 23.1 Å². The largest absolute Gasteiger partial charge is 0.329 e. The second-order valence-corrected chi connectivity index (χ2v) is 6.81. The lowest BCUT2D eigenvalue weighted by Gasteiger charge is -2.16. The lowest BCUT2D eigenvalue weighted by atomic mass is 10.2. The van der Waals surface area contributed by atoms with E-state index in [0.29, 0.717) is 0 Å². The first-order valence-electron chi connectivity index (χ1n) is 6.63. The summed E-state index contributed by atoms with van der Waals surface area (Å²) in [6, 6.07) is 3.08. The Hall–Kier alpha value is -1.51. The number of hydrogen-bond acceptors (Lipinski definition) is 4. The van der Waals surface area contributed by atoms with Gasteiger partial charge in [0.25, 0.3) is 0 Å². The minimum Gasteiger partial charge on any atom is -0.329 e. The van der Waals surface area contributed by atoms with E-state index in [-0.39, 0.29) is 30.1 Å². The average Bonchev–Trinajstić information content (AvgIpc) is 3.19. The SMILES string of the molecule is CC(=O)Nc1ccc(S(=O)(=O)NC(CN)C2CC2)c(F)c1. The minimum absolute atomic E-state index is 0.176. The van der Waals surface area contributed by atoms with Crippen molar-refractivity contribution < 1.29 is 17.6 Å². The van der Waals surface area contributed by atoms with Gasteiger partial charge in [-0.25, -0.2) is 17.5 Å². The molecule has 116 valence electrons. The number of benzene rings is 1. The molecule has 1 aliphatic rings. The van der Waals surface area contributed by atoms with Crippen molar-refractivity contribution in [3.8, 4) is 0 Å². The lowest BCUT2D eigenvalue weighted by molar-refractivity contribution is -0.114. The van der Waals surface area contributed by atoms with Crippen LogP contribution in [0.5, 0.6) is 0 Å². The number of anilines is 1. The van der Waals surface area contributed by atoms with Crippen molar-refractivity contribution in [2.45, 2.75) is 30.7 Å². The number of hydrogen-bond donors (Lipinski definition) is 3. The fraction of sp³-hybridized carbons (Fsp3) is 0.462. The molecule has 0 aromatic heterocycles. The predicted octanol–water partition coefficient (Wildman–Crippen LogP) is 0.800. The fourth-order valence-corrected chi connectivity index (χ4v) is 3.47. The zero-order valence-electron chi connectivity index (χ0n) is 11.6. The number of carbonyl (C=O) groups excluding carboxylic acids is 1. The highest BCUT2D eigenvalue weighted by molar-refractivity contribution is 7.89. The van der Waals surface area contributed by atoms with Gasteiger partial charge < -0.3 is 11.1 Å². The molecule has 1 aromatic rings. The van der Waals surface area contributed by atoms with Crippen LogP contribution in [-0.4, -0.2) is 26.9 Å². The maximum absolute atomic E-state index is 14.0. The van der Waals surface area contributed by atoms with Crippen molar-refractivity contribution in [1.82, 2.24) is 4.72 Å². The molecule has 0 heterocycles. The predicted molar refractivity (Wildman–Crippen MR) is 76.6 cm³/mol. The van der Waals surface area contributed by atoms with Crippen LogP contribution < -0.4 is 15.8 Å². The molecular formula is C13H18FN3O3S. The molecule has 1 aliphatic carbocycles. The summed E-state index contributed by atoms with van der Waals surface area (Å²) in [5.74, 6) is -1.05. The molecule has 1 unspecified atom stereocenters. The molecular weight excluding hydrogens is 297 g/mol. The zero-order chi connectivity index (χ0) is 15.6. The number of halogens is 1. The quantitative estimate of drug-likeness (QED) is 0.722. The van der Waals surface area contributed by atoms with E-state index in [0.717, 1.165) is 25.0 Å². The van der Waals surface area contributed by atoms with Crippen LogP contribution >= 0.6 is 0 Å². The molecule has 1 fully saturated rings. The van der Waals surface area contributed by atoms with Crippen molar-refractivity contribution in [1.29, 1.82) is 0 Å². The van der Waals surface area contributed by atoms with Crippen LogP contribution in [0.25, 0.3) is 0 Å². The normalized spacial score (nSPS) is 16.5. The smallest absolute Gasteiger partial charge is 0.243 e. The number of amides is 1. The number of nitrogens with one attached hydrogen (secondary N) is 2. The summed E-state index contributed by atoms with van der Waals surface area (Å²) in [6.45, 7) is 1.46. The molecule has 6 nitrogen and oxygen atoms in total. The van der Waals surface area contributed by atoms with E-state index in [1.54, 1.807) is 0 Å². The van der Waals surface area contributed by atoms with Gasteiger partial charge in [0.2, 0.25) is 15.9 Å². The van der Waals surface area contributed by atoms with Gasteiger partial charge in [-0.05, 0) is 37.0 Å². The molecule has 1 aromatic carbocycles. The first kappa shape index (κ1) is 15.9. The van der Waals surface area contributed by atoms with E-state index in [4.69, 9.17) is 5.73 Å². The highest BCUT2D eigenvalue weighted by Gasteiger charge is 2.34. The number of nitrogens with two attached hydrogens (primary N) is 1. The van der Waals surface area contributed by atoms with Crippen molar-refractivity contribution in [2.75, 3.05) is 11.9 Å². The Bertz CT molecular complexity index is 644. The molecule has 1 atom stereocenters. The van der Waals surface area contributed by atoms with Crippen molar-refractivity contribution in [3.05, 3.63) is 24.0 Å². The summed E-state index contributed by atoms with van der Waals surface area (Å²) in [5, 5.41) is 2.39. The third-order valence-corrected chi connectivity index (χ3v) is 4.82. The van der Waals surface area contributed by atoms with E-state index in [2.05, 4.69) is 10.0 Å². The van der Waals surface area contributed by atoms with Crippen LogP contribution in [0, 0.1) is 11.7 Å². The van der Waals surface area contributed by atoms with E-state index in [1.165, 1.54) is 13.0 Å². The van der Waals surface area contributed by atoms with Gasteiger partial charge in [-0.15, -0.1) is 0 Å². The fourth-order valence-electron chi connectivity index (χ4n) is 2.10. The summed E-state index contributed by atoms with van der Waals surface area (Å²) in [4.78, 5) is 10.4. The van der Waals surface area contributed by atoms with Crippen LogP contribution in [0.1, 0.15) is 19.8 Å². The molecule has 2 rings (SSSR count). The van der Waals surface area contributed by atoms with E-state index in [9.17, 15) is 17.6 Å². The van der Waals surface area contributed by atoms with Gasteiger partial charge in [0.05, 0.1) is 0 Å². The first-order chi connectivity index (χ1) is 9.83. The molecule has 1 saturated carbocycles. The molecule has 1 amide bonds. The van der Waals surface area contributed by atoms with E-state index < -0.39 is 20.7 Å².